The minimum absolute atomic E-state index is 0.212. The van der Waals surface area contributed by atoms with Crippen LogP contribution >= 0.6 is 0 Å². The van der Waals surface area contributed by atoms with Gasteiger partial charge in [-0.2, -0.15) is 0 Å². The Morgan fingerprint density at radius 2 is 1.72 bits per heavy atom. The Morgan fingerprint density at radius 1 is 1.03 bits per heavy atom. The van der Waals surface area contributed by atoms with E-state index in [1.807, 2.05) is 19.1 Å². The van der Waals surface area contributed by atoms with Gasteiger partial charge in [-0.25, -0.2) is 8.42 Å². The SMILES string of the molecule is COc1ccc(OC)c(N([C@H](C)C(=O)N[C@@H](C)c2ccc3c(c2)OCCO3)S(C)(=O)=O)c1. The molecule has 174 valence electrons. The molecule has 3 rings (SSSR count). The zero-order chi connectivity index (χ0) is 23.5. The van der Waals surface area contributed by atoms with Crippen LogP contribution in [0.2, 0.25) is 0 Å². The molecule has 0 radical (unpaired) electrons. The first-order valence-corrected chi connectivity index (χ1v) is 11.9. The van der Waals surface area contributed by atoms with E-state index in [2.05, 4.69) is 5.32 Å². The Kier molecular flexibility index (Phi) is 7.02. The molecule has 32 heavy (non-hydrogen) atoms. The van der Waals surface area contributed by atoms with Gasteiger partial charge in [0.15, 0.2) is 11.5 Å². The monoisotopic (exact) mass is 464 g/mol. The first-order valence-electron chi connectivity index (χ1n) is 10.1. The highest BCUT2D eigenvalue weighted by atomic mass is 32.2. The zero-order valence-corrected chi connectivity index (χ0v) is 19.6. The third-order valence-corrected chi connectivity index (χ3v) is 6.36. The highest BCUT2D eigenvalue weighted by Gasteiger charge is 2.32. The lowest BCUT2D eigenvalue weighted by molar-refractivity contribution is -0.122. The van der Waals surface area contributed by atoms with Crippen LogP contribution in [0.15, 0.2) is 36.4 Å². The molecule has 2 aromatic rings. The number of carbonyl (C=O) groups is 1. The second-order valence-electron chi connectivity index (χ2n) is 7.41. The highest BCUT2D eigenvalue weighted by Crippen LogP contribution is 2.36. The van der Waals surface area contributed by atoms with Crippen molar-refractivity contribution in [2.75, 3.05) is 38.0 Å². The Bertz CT molecular complexity index is 1090. The summed E-state index contributed by atoms with van der Waals surface area (Å²) in [6.07, 6.45) is 1.04. The summed E-state index contributed by atoms with van der Waals surface area (Å²) in [5.74, 6) is 1.53. The Labute approximate surface area is 188 Å². The van der Waals surface area contributed by atoms with Crippen LogP contribution in [0.5, 0.6) is 23.0 Å². The summed E-state index contributed by atoms with van der Waals surface area (Å²) in [4.78, 5) is 13.1. The molecular formula is C22H28N2O7S. The van der Waals surface area contributed by atoms with Crippen LogP contribution in [0.3, 0.4) is 0 Å². The van der Waals surface area contributed by atoms with Crippen molar-refractivity contribution in [3.05, 3.63) is 42.0 Å². The van der Waals surface area contributed by atoms with Gasteiger partial charge in [0, 0.05) is 6.07 Å². The quantitative estimate of drug-likeness (QED) is 0.640. The van der Waals surface area contributed by atoms with E-state index >= 15 is 0 Å². The van der Waals surface area contributed by atoms with Gasteiger partial charge >= 0.3 is 0 Å². The number of amides is 1. The average molecular weight is 465 g/mol. The second-order valence-corrected chi connectivity index (χ2v) is 9.27. The third kappa shape index (κ3) is 5.01. The number of rotatable bonds is 8. The van der Waals surface area contributed by atoms with Crippen LogP contribution in [0.4, 0.5) is 5.69 Å². The van der Waals surface area contributed by atoms with E-state index in [1.165, 1.54) is 27.2 Å². The topological polar surface area (TPSA) is 103 Å². The Morgan fingerprint density at radius 3 is 2.34 bits per heavy atom. The van der Waals surface area contributed by atoms with Gasteiger partial charge in [0.25, 0.3) is 0 Å². The molecule has 1 aliphatic rings. The van der Waals surface area contributed by atoms with Crippen LogP contribution in [-0.4, -0.2) is 54.1 Å². The van der Waals surface area contributed by atoms with Crippen molar-refractivity contribution in [3.63, 3.8) is 0 Å². The number of ether oxygens (including phenoxy) is 4. The van der Waals surface area contributed by atoms with Crippen molar-refractivity contribution < 1.29 is 32.2 Å². The van der Waals surface area contributed by atoms with Gasteiger partial charge in [0.2, 0.25) is 15.9 Å². The molecule has 0 unspecified atom stereocenters. The number of nitrogens with zero attached hydrogens (tertiary/aromatic N) is 1. The predicted octanol–water partition coefficient (Wildman–Crippen LogP) is 2.51. The molecular weight excluding hydrogens is 436 g/mol. The van der Waals surface area contributed by atoms with Gasteiger partial charge in [0.1, 0.15) is 30.8 Å². The first kappa shape index (κ1) is 23.5. The van der Waals surface area contributed by atoms with E-state index in [0.29, 0.717) is 36.2 Å². The summed E-state index contributed by atoms with van der Waals surface area (Å²) in [5, 5.41) is 2.88. The van der Waals surface area contributed by atoms with Crippen molar-refractivity contribution >= 4 is 21.6 Å². The molecule has 0 spiro atoms. The molecule has 1 heterocycles. The molecule has 2 aromatic carbocycles. The van der Waals surface area contributed by atoms with Crippen molar-refractivity contribution in [1.29, 1.82) is 0 Å². The fourth-order valence-corrected chi connectivity index (χ4v) is 4.67. The highest BCUT2D eigenvalue weighted by molar-refractivity contribution is 7.92. The predicted molar refractivity (Wildman–Crippen MR) is 120 cm³/mol. The van der Waals surface area contributed by atoms with E-state index in [0.717, 1.165) is 16.1 Å². The molecule has 0 fully saturated rings. The smallest absolute Gasteiger partial charge is 0.244 e. The molecule has 0 saturated heterocycles. The standard InChI is InChI=1S/C22H28N2O7S/c1-14(16-6-8-20-21(12-16)31-11-10-30-20)23-22(25)15(2)24(32(5,26)27)18-13-17(28-3)7-9-19(18)29-4/h6-9,12-15H,10-11H2,1-5H3,(H,23,25)/t14-,15+/m0/s1. The van der Waals surface area contributed by atoms with Gasteiger partial charge in [-0.3, -0.25) is 9.10 Å². The maximum atomic E-state index is 13.1. The van der Waals surface area contributed by atoms with Gasteiger partial charge in [0.05, 0.1) is 32.2 Å². The summed E-state index contributed by atoms with van der Waals surface area (Å²) in [6, 6.07) is 8.76. The van der Waals surface area contributed by atoms with E-state index < -0.39 is 28.0 Å². The van der Waals surface area contributed by atoms with Crippen molar-refractivity contribution in [2.45, 2.75) is 25.9 Å². The number of benzene rings is 2. The van der Waals surface area contributed by atoms with Crippen LogP contribution in [0, 0.1) is 0 Å². The largest absolute Gasteiger partial charge is 0.497 e. The number of hydrogen-bond donors (Lipinski definition) is 1. The van der Waals surface area contributed by atoms with Crippen LogP contribution in [0.25, 0.3) is 0 Å². The lowest BCUT2D eigenvalue weighted by atomic mass is 10.1. The van der Waals surface area contributed by atoms with Crippen LogP contribution < -0.4 is 28.6 Å². The molecule has 1 amide bonds. The molecule has 0 saturated carbocycles. The van der Waals surface area contributed by atoms with Gasteiger partial charge in [-0.1, -0.05) is 6.07 Å². The minimum Gasteiger partial charge on any atom is -0.497 e. The Hall–Kier alpha value is -3.14. The first-order chi connectivity index (χ1) is 15.2. The van der Waals surface area contributed by atoms with E-state index in [9.17, 15) is 13.2 Å². The second kappa shape index (κ2) is 9.56. The molecule has 0 aromatic heterocycles. The average Bonchev–Trinajstić information content (AvgIpc) is 2.77. The third-order valence-electron chi connectivity index (χ3n) is 5.14. The number of carbonyl (C=O) groups excluding carboxylic acids is 1. The maximum absolute atomic E-state index is 13.1. The number of hydrogen-bond acceptors (Lipinski definition) is 7. The normalized spacial score (nSPS) is 14.8. The summed E-state index contributed by atoms with van der Waals surface area (Å²) < 4.78 is 48.1. The van der Waals surface area contributed by atoms with Crippen LogP contribution in [0.1, 0.15) is 25.5 Å². The fourth-order valence-electron chi connectivity index (χ4n) is 3.50. The van der Waals surface area contributed by atoms with Crippen LogP contribution in [-0.2, 0) is 14.8 Å². The molecule has 10 heteroatoms. The van der Waals surface area contributed by atoms with E-state index in [-0.39, 0.29) is 5.69 Å². The molecule has 1 aliphatic heterocycles. The molecule has 1 N–H and O–H groups in total. The van der Waals surface area contributed by atoms with Gasteiger partial charge < -0.3 is 24.3 Å². The molecule has 9 nitrogen and oxygen atoms in total. The lowest BCUT2D eigenvalue weighted by Gasteiger charge is -2.30. The number of fused-ring (bicyclic) bond motifs is 1. The number of nitrogens with one attached hydrogen (secondary N) is 1. The van der Waals surface area contributed by atoms with Crippen molar-refractivity contribution in [2.24, 2.45) is 0 Å². The van der Waals surface area contributed by atoms with E-state index in [4.69, 9.17) is 18.9 Å². The molecule has 0 aliphatic carbocycles. The number of anilines is 1. The van der Waals surface area contributed by atoms with Gasteiger partial charge in [-0.05, 0) is 43.7 Å². The Balaban J connectivity index is 1.86. The summed E-state index contributed by atoms with van der Waals surface area (Å²) in [5.41, 5.74) is 1.02. The minimum atomic E-state index is -3.83. The summed E-state index contributed by atoms with van der Waals surface area (Å²) >= 11 is 0. The summed E-state index contributed by atoms with van der Waals surface area (Å²) in [6.45, 7) is 4.28. The van der Waals surface area contributed by atoms with E-state index in [1.54, 1.807) is 18.2 Å². The lowest BCUT2D eigenvalue weighted by Crippen LogP contribution is -2.48. The number of methoxy groups -OCH3 is 2. The fraction of sp³-hybridized carbons (Fsp3) is 0.409. The molecule has 2 atom stereocenters. The maximum Gasteiger partial charge on any atom is 0.244 e. The number of sulfonamides is 1. The van der Waals surface area contributed by atoms with Gasteiger partial charge in [-0.15, -0.1) is 0 Å². The zero-order valence-electron chi connectivity index (χ0n) is 18.7. The van der Waals surface area contributed by atoms with Crippen molar-refractivity contribution in [3.8, 4) is 23.0 Å². The molecule has 0 bridgehead atoms. The van der Waals surface area contributed by atoms with Crippen molar-refractivity contribution in [1.82, 2.24) is 5.32 Å². The summed E-state index contributed by atoms with van der Waals surface area (Å²) in [7, 11) is -0.927.